The Morgan fingerprint density at radius 2 is 0.722 bits per heavy atom. The van der Waals surface area contributed by atoms with Crippen LogP contribution in [0.2, 0.25) is 0 Å². The fourth-order valence-electron chi connectivity index (χ4n) is 8.39. The number of quaternary nitrogens is 1. The smallest absolute Gasteiger partial charge is 0.306 e. The van der Waals surface area contributed by atoms with Gasteiger partial charge in [0.15, 0.2) is 6.10 Å². The van der Waals surface area contributed by atoms with Crippen molar-refractivity contribution in [3.63, 3.8) is 0 Å². The molecule has 0 fully saturated rings. The quantitative estimate of drug-likeness (QED) is 0.0195. The first-order valence-corrected chi connectivity index (χ1v) is 33.2. The summed E-state index contributed by atoms with van der Waals surface area (Å²) >= 11 is 0. The molecule has 0 radical (unpaired) electrons. The molecule has 0 aliphatic heterocycles. The van der Waals surface area contributed by atoms with E-state index in [9.17, 15) is 19.0 Å². The zero-order valence-corrected chi connectivity index (χ0v) is 52.2. The van der Waals surface area contributed by atoms with Gasteiger partial charge in [-0.05, 0) is 89.9 Å². The fraction of sp³-hybridized carbons (Fsp3) is 0.681. The van der Waals surface area contributed by atoms with Crippen LogP contribution in [0.4, 0.5) is 0 Å². The molecule has 0 saturated heterocycles. The van der Waals surface area contributed by atoms with E-state index in [-0.39, 0.29) is 26.1 Å². The van der Waals surface area contributed by atoms with Crippen molar-refractivity contribution in [2.45, 2.75) is 258 Å². The van der Waals surface area contributed by atoms with Gasteiger partial charge >= 0.3 is 11.9 Å². The lowest BCUT2D eigenvalue weighted by Crippen LogP contribution is -2.37. The molecule has 0 bridgehead atoms. The van der Waals surface area contributed by atoms with Crippen LogP contribution in [-0.2, 0) is 32.7 Å². The molecular weight excluding hydrogens is 1000 g/mol. The number of ether oxygens (including phenoxy) is 2. The molecule has 0 spiro atoms. The van der Waals surface area contributed by atoms with Crippen molar-refractivity contribution in [3.8, 4) is 0 Å². The van der Waals surface area contributed by atoms with Crippen LogP contribution in [-0.4, -0.2) is 70.0 Å². The second kappa shape index (κ2) is 59.0. The van der Waals surface area contributed by atoms with Gasteiger partial charge in [-0.15, -0.1) is 0 Å². The van der Waals surface area contributed by atoms with E-state index in [1.54, 1.807) is 0 Å². The molecule has 0 aromatic heterocycles. The molecule has 0 saturated carbocycles. The van der Waals surface area contributed by atoms with E-state index in [2.05, 4.69) is 135 Å². The van der Waals surface area contributed by atoms with E-state index in [0.29, 0.717) is 17.4 Å². The highest BCUT2D eigenvalue weighted by molar-refractivity contribution is 7.45. The number of phosphoric acid groups is 1. The number of rotatable bonds is 57. The number of carbonyl (C=O) groups is 2. The van der Waals surface area contributed by atoms with Crippen molar-refractivity contribution in [3.05, 3.63) is 122 Å². The van der Waals surface area contributed by atoms with Crippen LogP contribution in [0.15, 0.2) is 122 Å². The molecule has 10 heteroatoms. The first-order chi connectivity index (χ1) is 38.5. The van der Waals surface area contributed by atoms with Gasteiger partial charge in [-0.1, -0.05) is 270 Å². The molecule has 9 nitrogen and oxygen atoms in total. The third-order valence-corrected chi connectivity index (χ3v) is 14.2. The van der Waals surface area contributed by atoms with Crippen molar-refractivity contribution < 1.29 is 42.1 Å². The Morgan fingerprint density at radius 3 is 1.08 bits per heavy atom. The Bertz CT molecular complexity index is 1750. The largest absolute Gasteiger partial charge is 0.756 e. The summed E-state index contributed by atoms with van der Waals surface area (Å²) in [7, 11) is 1.14. The van der Waals surface area contributed by atoms with Crippen LogP contribution in [0, 0.1) is 0 Å². The van der Waals surface area contributed by atoms with Crippen molar-refractivity contribution >= 4 is 19.8 Å². The standard InChI is InChI=1S/C69H118NO8P/c1-6-8-10-12-14-16-18-20-22-24-26-28-29-30-31-32-33-34-35-36-37-38-39-40-41-42-44-46-48-50-52-54-56-58-60-62-69(72)78-67(66-77-79(73,74)76-64-63-70(3,4)5)65-75-68(71)61-59-57-55-53-51-49-47-45-43-27-25-23-21-19-17-15-13-11-9-7-2/h8,10,14,16,20,22,26,28,30-31,33-34,36-37,39-40,42,44,48,50,67H,6-7,9,11-13,15,17-19,21,23-25,27,29,32,35,38,41,43,45-47,49,51-66H2,1-5H3/b10-8-,16-14-,22-20-,28-26-,31-30-,34-33-,37-36-,40-39-,44-42-,50-48-. The van der Waals surface area contributed by atoms with Gasteiger partial charge in [-0.3, -0.25) is 14.2 Å². The maximum absolute atomic E-state index is 12.8. The number of hydrogen-bond acceptors (Lipinski definition) is 8. The van der Waals surface area contributed by atoms with Gasteiger partial charge in [-0.2, -0.15) is 0 Å². The van der Waals surface area contributed by atoms with Gasteiger partial charge in [0.05, 0.1) is 27.7 Å². The first-order valence-electron chi connectivity index (χ1n) is 31.7. The third kappa shape index (κ3) is 63.5. The van der Waals surface area contributed by atoms with E-state index in [1.165, 1.54) is 109 Å². The number of likely N-dealkylation sites (N-methyl/N-ethyl adjacent to an activating group) is 1. The van der Waals surface area contributed by atoms with E-state index in [1.807, 2.05) is 21.1 Å². The van der Waals surface area contributed by atoms with Gasteiger partial charge < -0.3 is 27.9 Å². The number of phosphoric ester groups is 1. The summed E-state index contributed by atoms with van der Waals surface area (Å²) in [6.45, 7) is 4.11. The average molecular weight is 1120 g/mol. The molecular formula is C69H118NO8P. The summed E-state index contributed by atoms with van der Waals surface area (Å²) in [5.74, 6) is -0.862. The predicted molar refractivity (Wildman–Crippen MR) is 337 cm³/mol. The lowest BCUT2D eigenvalue weighted by molar-refractivity contribution is -0.870. The molecule has 2 unspecified atom stereocenters. The molecule has 0 aliphatic carbocycles. The van der Waals surface area contributed by atoms with Crippen molar-refractivity contribution in [2.75, 3.05) is 47.5 Å². The molecule has 0 aliphatic rings. The maximum atomic E-state index is 12.8. The summed E-state index contributed by atoms with van der Waals surface area (Å²) in [5, 5.41) is 0. The molecule has 0 amide bonds. The fourth-order valence-corrected chi connectivity index (χ4v) is 9.12. The van der Waals surface area contributed by atoms with E-state index < -0.39 is 32.5 Å². The van der Waals surface area contributed by atoms with Gasteiger partial charge in [0, 0.05) is 12.8 Å². The Kier molecular flexibility index (Phi) is 56.4. The molecule has 0 aromatic rings. The van der Waals surface area contributed by atoms with Crippen LogP contribution >= 0.6 is 7.82 Å². The number of nitrogens with zero attached hydrogens (tertiary/aromatic N) is 1. The van der Waals surface area contributed by atoms with Crippen LogP contribution < -0.4 is 4.89 Å². The van der Waals surface area contributed by atoms with Gasteiger partial charge in [0.25, 0.3) is 7.82 Å². The van der Waals surface area contributed by atoms with E-state index in [0.717, 1.165) is 109 Å². The van der Waals surface area contributed by atoms with Crippen molar-refractivity contribution in [1.29, 1.82) is 0 Å². The van der Waals surface area contributed by atoms with Crippen LogP contribution in [0.3, 0.4) is 0 Å². The summed E-state index contributed by atoms with van der Waals surface area (Å²) in [6.07, 6.45) is 84.0. The Labute approximate surface area is 486 Å². The molecule has 0 heterocycles. The van der Waals surface area contributed by atoms with E-state index in [4.69, 9.17) is 18.5 Å². The highest BCUT2D eigenvalue weighted by Gasteiger charge is 2.22. The molecule has 452 valence electrons. The zero-order chi connectivity index (χ0) is 57.7. The van der Waals surface area contributed by atoms with Gasteiger partial charge in [0.1, 0.15) is 19.8 Å². The third-order valence-electron chi connectivity index (χ3n) is 13.2. The number of allylic oxidation sites excluding steroid dienone is 20. The summed E-state index contributed by atoms with van der Waals surface area (Å²) in [5.41, 5.74) is 0. The summed E-state index contributed by atoms with van der Waals surface area (Å²) < 4.78 is 34.2. The minimum Gasteiger partial charge on any atom is -0.756 e. The lowest BCUT2D eigenvalue weighted by Gasteiger charge is -2.28. The molecule has 0 rings (SSSR count). The number of hydrogen-bond donors (Lipinski definition) is 0. The molecule has 0 N–H and O–H groups in total. The first kappa shape index (κ1) is 75.4. The zero-order valence-electron chi connectivity index (χ0n) is 51.3. The number of unbranched alkanes of at least 4 members (excludes halogenated alkanes) is 23. The average Bonchev–Trinajstić information content (AvgIpc) is 3.41. The minimum atomic E-state index is -4.65. The second-order valence-corrected chi connectivity index (χ2v) is 23.5. The normalized spacial score (nSPS) is 14.1. The summed E-state index contributed by atoms with van der Waals surface area (Å²) in [4.78, 5) is 37.9. The number of esters is 2. The van der Waals surface area contributed by atoms with Gasteiger partial charge in [-0.25, -0.2) is 0 Å². The van der Waals surface area contributed by atoms with Gasteiger partial charge in [0.2, 0.25) is 0 Å². The second-order valence-electron chi connectivity index (χ2n) is 22.0. The van der Waals surface area contributed by atoms with Crippen molar-refractivity contribution in [1.82, 2.24) is 0 Å². The lowest BCUT2D eigenvalue weighted by atomic mass is 10.0. The van der Waals surface area contributed by atoms with Crippen LogP contribution in [0.1, 0.15) is 251 Å². The highest BCUT2D eigenvalue weighted by atomic mass is 31.2. The van der Waals surface area contributed by atoms with Crippen LogP contribution in [0.25, 0.3) is 0 Å². The maximum Gasteiger partial charge on any atom is 0.306 e. The molecule has 2 atom stereocenters. The SMILES string of the molecule is CC/C=C\C/C=C\C/C=C\C/C=C\C/C=C\C/C=C\C/C=C\C/C=C\C/C=C\C/C=C\CCCCCCC(=O)OC(COC(=O)CCCCCCCCCCCCCCCCCCCCCC)COP(=O)([O-])OCC[N+](C)(C)C. The van der Waals surface area contributed by atoms with Crippen LogP contribution in [0.5, 0.6) is 0 Å². The topological polar surface area (TPSA) is 111 Å². The number of carbonyl (C=O) groups excluding carboxylic acids is 2. The summed E-state index contributed by atoms with van der Waals surface area (Å²) in [6, 6.07) is 0. The minimum absolute atomic E-state index is 0.0410. The Hall–Kier alpha value is -3.59. The van der Waals surface area contributed by atoms with E-state index >= 15 is 0 Å². The predicted octanol–water partition coefficient (Wildman–Crippen LogP) is 19.7. The van der Waals surface area contributed by atoms with Crippen molar-refractivity contribution in [2.24, 2.45) is 0 Å². The Balaban J connectivity index is 4.21. The molecule has 0 aromatic carbocycles. The highest BCUT2D eigenvalue weighted by Crippen LogP contribution is 2.38. The monoisotopic (exact) mass is 1120 g/mol. The Morgan fingerprint density at radius 1 is 0.405 bits per heavy atom. The molecule has 79 heavy (non-hydrogen) atoms.